The lowest BCUT2D eigenvalue weighted by Crippen LogP contribution is -2.59. The molecule has 0 aliphatic heterocycles. The van der Waals surface area contributed by atoms with Crippen molar-refractivity contribution in [3.8, 4) is 17.1 Å². The highest BCUT2D eigenvalue weighted by Crippen LogP contribution is 2.48. The van der Waals surface area contributed by atoms with Gasteiger partial charge in [-0.15, -0.1) is 0 Å². The molecule has 0 N–H and O–H groups in total. The van der Waals surface area contributed by atoms with Gasteiger partial charge in [-0.25, -0.2) is 31.5 Å². The lowest BCUT2D eigenvalue weighted by Gasteiger charge is -2.31. The normalized spacial score (nSPS) is 13.4. The first-order valence-corrected chi connectivity index (χ1v) is 11.1. The van der Waals surface area contributed by atoms with Gasteiger partial charge in [0.05, 0.1) is 34.4 Å². The van der Waals surface area contributed by atoms with Crippen LogP contribution in [0, 0.1) is 0 Å². The second-order valence-corrected chi connectivity index (χ2v) is 9.25. The van der Waals surface area contributed by atoms with Gasteiger partial charge in [0.25, 0.3) is 0 Å². The molecule has 0 saturated heterocycles. The molecule has 0 amide bonds. The van der Waals surface area contributed by atoms with E-state index in [1.165, 1.54) is 42.5 Å². The molecule has 0 spiro atoms. The zero-order chi connectivity index (χ0) is 26.2. The first-order chi connectivity index (χ1) is 16.1. The van der Waals surface area contributed by atoms with Crippen LogP contribution in [0.15, 0.2) is 48.1 Å². The number of aromatic nitrogens is 5. The topological polar surface area (TPSA) is 91.9 Å². The molecule has 35 heavy (non-hydrogen) atoms. The molecule has 0 unspecified atom stereocenters. The van der Waals surface area contributed by atoms with Crippen molar-refractivity contribution in [1.29, 1.82) is 0 Å². The molecule has 0 aliphatic carbocycles. The van der Waals surface area contributed by atoms with Gasteiger partial charge in [-0.1, -0.05) is 6.92 Å². The average molecular weight is 533 g/mol. The smallest absolute Gasteiger partial charge is 0.381 e. The Morgan fingerprint density at radius 3 is 2.31 bits per heavy atom. The maximum absolute atomic E-state index is 13.7. The van der Waals surface area contributed by atoms with Crippen LogP contribution in [0.4, 0.5) is 35.1 Å². The summed E-state index contributed by atoms with van der Waals surface area (Å²) in [5, 5.41) is 7.62. The Hall–Kier alpha value is -3.24. The second kappa shape index (κ2) is 9.09. The number of hydrogen-bond acceptors (Lipinski definition) is 6. The molecule has 0 atom stereocenters. The number of hydrogen-bond donors (Lipinski definition) is 0. The molecular formula is C18H15F8N5O3S. The van der Waals surface area contributed by atoms with Gasteiger partial charge in [0.1, 0.15) is 12.7 Å². The molecule has 2 heterocycles. The Labute approximate surface area is 192 Å². The van der Waals surface area contributed by atoms with Crippen LogP contribution < -0.4 is 4.74 Å². The third-order valence-corrected chi connectivity index (χ3v) is 6.49. The maximum atomic E-state index is 13.7. The quantitative estimate of drug-likeness (QED) is 0.369. The van der Waals surface area contributed by atoms with Crippen LogP contribution in [0.2, 0.25) is 0 Å². The predicted octanol–water partition coefficient (Wildman–Crippen LogP) is 3.80. The average Bonchev–Trinajstić information content (AvgIpc) is 3.49. The standard InChI is InChI=1S/C18H15F8N5O3S/c1-2-35(32,33)14-4-3-11(31-10-27-9-29-31)5-13(14)30-7-12(6-28-30)34-8-16(21,22)18(25,26)17(23,24)15(19)20/h3-7,9-10,15H,2,8H2,1H3. The van der Waals surface area contributed by atoms with Crippen LogP contribution in [0.3, 0.4) is 0 Å². The van der Waals surface area contributed by atoms with E-state index in [0.717, 1.165) is 10.9 Å². The van der Waals surface area contributed by atoms with Crippen LogP contribution in [-0.4, -0.2) is 69.5 Å². The lowest BCUT2D eigenvalue weighted by atomic mass is 10.1. The van der Waals surface area contributed by atoms with E-state index in [1.807, 2.05) is 0 Å². The van der Waals surface area contributed by atoms with Crippen LogP contribution in [0.5, 0.6) is 5.75 Å². The zero-order valence-electron chi connectivity index (χ0n) is 17.4. The molecule has 0 aliphatic rings. The first-order valence-electron chi connectivity index (χ1n) is 9.45. The van der Waals surface area contributed by atoms with Crippen molar-refractivity contribution in [2.75, 3.05) is 12.4 Å². The van der Waals surface area contributed by atoms with Crippen molar-refractivity contribution in [2.45, 2.75) is 36.0 Å². The van der Waals surface area contributed by atoms with Crippen LogP contribution in [0.1, 0.15) is 6.92 Å². The van der Waals surface area contributed by atoms with Gasteiger partial charge < -0.3 is 4.74 Å². The number of ether oxygens (including phenoxy) is 1. The molecule has 0 bridgehead atoms. The third kappa shape index (κ3) is 4.81. The van der Waals surface area contributed by atoms with E-state index in [9.17, 15) is 43.5 Å². The summed E-state index contributed by atoms with van der Waals surface area (Å²) in [6.07, 6.45) is -1.04. The molecule has 0 saturated carbocycles. The summed E-state index contributed by atoms with van der Waals surface area (Å²) in [4.78, 5) is 3.50. The van der Waals surface area contributed by atoms with Gasteiger partial charge in [0, 0.05) is 0 Å². The van der Waals surface area contributed by atoms with E-state index in [4.69, 9.17) is 0 Å². The number of nitrogens with zero attached hydrogens (tertiary/aromatic N) is 5. The molecule has 1 aromatic carbocycles. The van der Waals surface area contributed by atoms with Crippen molar-refractivity contribution < 1.29 is 48.3 Å². The van der Waals surface area contributed by atoms with E-state index >= 15 is 0 Å². The van der Waals surface area contributed by atoms with Crippen molar-refractivity contribution in [1.82, 2.24) is 24.5 Å². The lowest BCUT2D eigenvalue weighted by molar-refractivity contribution is -0.342. The van der Waals surface area contributed by atoms with Gasteiger partial charge in [-0.2, -0.15) is 36.5 Å². The molecule has 0 fully saturated rings. The van der Waals surface area contributed by atoms with Crippen LogP contribution >= 0.6 is 0 Å². The molecule has 2 aromatic heterocycles. The van der Waals surface area contributed by atoms with Gasteiger partial charge >= 0.3 is 24.2 Å². The highest BCUT2D eigenvalue weighted by Gasteiger charge is 2.75. The molecule has 0 radical (unpaired) electrons. The second-order valence-electron chi connectivity index (χ2n) is 7.01. The SMILES string of the molecule is CCS(=O)(=O)c1ccc(-n2cncn2)cc1-n1cc(OCC(F)(F)C(F)(F)C(F)(F)C(F)F)cn1. The van der Waals surface area contributed by atoms with E-state index < -0.39 is 46.4 Å². The number of alkyl halides is 8. The summed E-state index contributed by atoms with van der Waals surface area (Å²) in [5.74, 6) is -19.4. The van der Waals surface area contributed by atoms with Crippen molar-refractivity contribution in [3.05, 3.63) is 43.2 Å². The summed E-state index contributed by atoms with van der Waals surface area (Å²) in [5.41, 5.74) is 0.196. The fourth-order valence-corrected chi connectivity index (χ4v) is 3.80. The van der Waals surface area contributed by atoms with Crippen molar-refractivity contribution in [2.24, 2.45) is 0 Å². The number of benzene rings is 1. The molecule has 8 nitrogen and oxygen atoms in total. The number of halogens is 8. The van der Waals surface area contributed by atoms with Gasteiger partial charge in [0.15, 0.2) is 22.2 Å². The number of rotatable bonds is 10. The molecule has 17 heteroatoms. The molecule has 192 valence electrons. The summed E-state index contributed by atoms with van der Waals surface area (Å²) in [7, 11) is -3.85. The minimum absolute atomic E-state index is 0.115. The van der Waals surface area contributed by atoms with E-state index in [-0.39, 0.29) is 16.3 Å². The molecule has 3 rings (SSSR count). The maximum Gasteiger partial charge on any atom is 0.381 e. The highest BCUT2D eigenvalue weighted by atomic mass is 32.2. The van der Waals surface area contributed by atoms with E-state index in [1.54, 1.807) is 0 Å². The highest BCUT2D eigenvalue weighted by molar-refractivity contribution is 7.91. The van der Waals surface area contributed by atoms with Crippen molar-refractivity contribution >= 4 is 9.84 Å². The Kier molecular flexibility index (Phi) is 6.84. The largest absolute Gasteiger partial charge is 0.484 e. The Morgan fingerprint density at radius 2 is 1.74 bits per heavy atom. The van der Waals surface area contributed by atoms with Crippen LogP contribution in [-0.2, 0) is 9.84 Å². The summed E-state index contributed by atoms with van der Waals surface area (Å²) < 4.78 is 136. The fraction of sp³-hybridized carbons (Fsp3) is 0.389. The van der Waals surface area contributed by atoms with Gasteiger partial charge in [-0.05, 0) is 18.2 Å². The minimum Gasteiger partial charge on any atom is -0.484 e. The Morgan fingerprint density at radius 1 is 1.06 bits per heavy atom. The monoisotopic (exact) mass is 533 g/mol. The van der Waals surface area contributed by atoms with Gasteiger partial charge in [0.2, 0.25) is 0 Å². The Bertz CT molecular complexity index is 1280. The number of sulfone groups is 1. The predicted molar refractivity (Wildman–Crippen MR) is 103 cm³/mol. The zero-order valence-corrected chi connectivity index (χ0v) is 18.2. The van der Waals surface area contributed by atoms with Gasteiger partial charge in [-0.3, -0.25) is 0 Å². The fourth-order valence-electron chi connectivity index (χ4n) is 2.75. The Balaban J connectivity index is 1.93. The van der Waals surface area contributed by atoms with Crippen molar-refractivity contribution in [3.63, 3.8) is 0 Å². The minimum atomic E-state index is -6.43. The third-order valence-electron chi connectivity index (χ3n) is 4.72. The molecule has 3 aromatic rings. The van der Waals surface area contributed by atoms with E-state index in [0.29, 0.717) is 11.9 Å². The first kappa shape index (κ1) is 26.4. The summed E-state index contributed by atoms with van der Waals surface area (Å²) in [6, 6.07) is 3.90. The summed E-state index contributed by atoms with van der Waals surface area (Å²) >= 11 is 0. The molecular weight excluding hydrogens is 518 g/mol. The summed E-state index contributed by atoms with van der Waals surface area (Å²) in [6.45, 7) is -1.04. The van der Waals surface area contributed by atoms with E-state index in [2.05, 4.69) is 19.9 Å². The van der Waals surface area contributed by atoms with Crippen LogP contribution in [0.25, 0.3) is 11.4 Å².